The average molecular weight is 538 g/mol. The summed E-state index contributed by atoms with van der Waals surface area (Å²) in [5.41, 5.74) is 2.11. The molecule has 200 valence electrons. The lowest BCUT2D eigenvalue weighted by molar-refractivity contribution is -0.204. The molecule has 0 N–H and O–H groups in total. The fourth-order valence-electron chi connectivity index (χ4n) is 5.93. The van der Waals surface area contributed by atoms with E-state index in [1.165, 1.54) is 5.56 Å². The second-order valence-corrected chi connectivity index (χ2v) is 10.7. The Morgan fingerprint density at radius 3 is 2.49 bits per heavy atom. The van der Waals surface area contributed by atoms with Crippen LogP contribution in [0.15, 0.2) is 36.5 Å². The standard InChI is InChI=1S/C26H31ClF3N5O2/c1-17-6-9-31-25(32-17)33-10-7-20(8-11-33)35-15-21-13-23(37-24(36)26(28,29)30)16-34(21)14-22(35)12-18-2-4-19(27)5-3-18/h2-6,9,20-23H,7-8,10-16H2,1H3/t21-,22-,23-/m0/s1. The van der Waals surface area contributed by atoms with Crippen molar-refractivity contribution in [2.75, 3.05) is 37.6 Å². The van der Waals surface area contributed by atoms with Crippen LogP contribution in [0.4, 0.5) is 19.1 Å². The van der Waals surface area contributed by atoms with Crippen LogP contribution in [-0.4, -0.2) is 88.9 Å². The van der Waals surface area contributed by atoms with Crippen LogP contribution in [-0.2, 0) is 16.0 Å². The average Bonchev–Trinajstić information content (AvgIpc) is 3.25. The summed E-state index contributed by atoms with van der Waals surface area (Å²) in [7, 11) is 0. The van der Waals surface area contributed by atoms with Crippen LogP contribution in [0.25, 0.3) is 0 Å². The maximum Gasteiger partial charge on any atom is 0.490 e. The maximum atomic E-state index is 12.8. The zero-order valence-corrected chi connectivity index (χ0v) is 21.5. The van der Waals surface area contributed by atoms with E-state index in [0.29, 0.717) is 30.6 Å². The molecule has 3 fully saturated rings. The van der Waals surface area contributed by atoms with Gasteiger partial charge in [-0.3, -0.25) is 9.80 Å². The summed E-state index contributed by atoms with van der Waals surface area (Å²) in [6.07, 6.45) is -0.790. The molecule has 0 spiro atoms. The Labute approximate surface area is 219 Å². The van der Waals surface area contributed by atoms with E-state index in [1.54, 1.807) is 6.20 Å². The summed E-state index contributed by atoms with van der Waals surface area (Å²) in [5, 5.41) is 0.684. The first-order chi connectivity index (χ1) is 17.7. The molecule has 11 heteroatoms. The Bertz CT molecular complexity index is 1090. The molecular weight excluding hydrogens is 507 g/mol. The minimum atomic E-state index is -4.97. The molecule has 5 rings (SSSR count). The second kappa shape index (κ2) is 10.7. The number of anilines is 1. The first-order valence-corrected chi connectivity index (χ1v) is 13.1. The van der Waals surface area contributed by atoms with Gasteiger partial charge in [-0.1, -0.05) is 23.7 Å². The van der Waals surface area contributed by atoms with E-state index in [1.807, 2.05) is 37.3 Å². The number of alkyl halides is 3. The molecule has 3 atom stereocenters. The van der Waals surface area contributed by atoms with Crippen molar-refractivity contribution in [3.8, 4) is 0 Å². The van der Waals surface area contributed by atoms with E-state index >= 15 is 0 Å². The molecule has 2 aromatic rings. The highest BCUT2D eigenvalue weighted by Crippen LogP contribution is 2.33. The Kier molecular flexibility index (Phi) is 7.60. The predicted molar refractivity (Wildman–Crippen MR) is 134 cm³/mol. The van der Waals surface area contributed by atoms with Crippen LogP contribution in [0.1, 0.15) is 30.5 Å². The molecule has 0 saturated carbocycles. The number of carbonyl (C=O) groups excluding carboxylic acids is 1. The van der Waals surface area contributed by atoms with Crippen molar-refractivity contribution >= 4 is 23.5 Å². The van der Waals surface area contributed by atoms with E-state index in [9.17, 15) is 18.0 Å². The van der Waals surface area contributed by atoms with E-state index < -0.39 is 18.2 Å². The number of piperazine rings is 1. The summed E-state index contributed by atoms with van der Waals surface area (Å²) < 4.78 is 43.1. The molecular formula is C26H31ClF3N5O2. The van der Waals surface area contributed by atoms with E-state index in [0.717, 1.165) is 50.5 Å². The van der Waals surface area contributed by atoms with Crippen molar-refractivity contribution < 1.29 is 22.7 Å². The van der Waals surface area contributed by atoms with Crippen molar-refractivity contribution in [2.45, 2.75) is 63.0 Å². The summed E-state index contributed by atoms with van der Waals surface area (Å²) in [5.74, 6) is -1.34. The normalized spacial score (nSPS) is 25.8. The number of hydrogen-bond donors (Lipinski definition) is 0. The molecule has 3 saturated heterocycles. The minimum absolute atomic E-state index is 0.0608. The van der Waals surface area contributed by atoms with Crippen LogP contribution in [0, 0.1) is 6.92 Å². The fraction of sp³-hybridized carbons (Fsp3) is 0.577. The number of rotatable bonds is 5. The Morgan fingerprint density at radius 1 is 1.08 bits per heavy atom. The van der Waals surface area contributed by atoms with Gasteiger partial charge in [-0.15, -0.1) is 0 Å². The van der Waals surface area contributed by atoms with E-state index in [2.05, 4.69) is 24.7 Å². The molecule has 1 aromatic carbocycles. The molecule has 37 heavy (non-hydrogen) atoms. The molecule has 3 aliphatic heterocycles. The topological polar surface area (TPSA) is 61.8 Å². The number of carbonyl (C=O) groups is 1. The number of fused-ring (bicyclic) bond motifs is 1. The number of ether oxygens (including phenoxy) is 1. The van der Waals surface area contributed by atoms with Crippen molar-refractivity contribution in [3.63, 3.8) is 0 Å². The summed E-state index contributed by atoms with van der Waals surface area (Å²) in [4.78, 5) is 27.4. The van der Waals surface area contributed by atoms with E-state index in [4.69, 9.17) is 16.3 Å². The van der Waals surface area contributed by atoms with Crippen LogP contribution in [0.5, 0.6) is 0 Å². The molecule has 0 aliphatic carbocycles. The largest absolute Gasteiger partial charge is 0.490 e. The third-order valence-corrected chi connectivity index (χ3v) is 7.97. The third-order valence-electron chi connectivity index (χ3n) is 7.71. The summed E-state index contributed by atoms with van der Waals surface area (Å²) in [6.45, 7) is 5.44. The van der Waals surface area contributed by atoms with Gasteiger partial charge in [0.1, 0.15) is 6.10 Å². The number of piperidine rings is 1. The number of aryl methyl sites for hydroxylation is 1. The minimum Gasteiger partial charge on any atom is -0.454 e. The molecule has 0 amide bonds. The lowest BCUT2D eigenvalue weighted by Gasteiger charge is -2.49. The molecule has 3 aliphatic rings. The van der Waals surface area contributed by atoms with Gasteiger partial charge in [-0.05, 0) is 49.9 Å². The zero-order valence-electron chi connectivity index (χ0n) is 20.7. The van der Waals surface area contributed by atoms with Crippen LogP contribution < -0.4 is 4.90 Å². The highest BCUT2D eigenvalue weighted by atomic mass is 35.5. The number of hydrogen-bond acceptors (Lipinski definition) is 7. The molecule has 1 aromatic heterocycles. The number of halogens is 4. The lowest BCUT2D eigenvalue weighted by Crippen LogP contribution is -2.61. The van der Waals surface area contributed by atoms with Gasteiger partial charge in [0.15, 0.2) is 0 Å². The Balaban J connectivity index is 1.28. The molecule has 4 heterocycles. The monoisotopic (exact) mass is 537 g/mol. The van der Waals surface area contributed by atoms with Gasteiger partial charge < -0.3 is 9.64 Å². The molecule has 0 radical (unpaired) electrons. The van der Waals surface area contributed by atoms with Crippen molar-refractivity contribution in [1.82, 2.24) is 19.8 Å². The van der Waals surface area contributed by atoms with Gasteiger partial charge in [-0.25, -0.2) is 14.8 Å². The van der Waals surface area contributed by atoms with Crippen molar-refractivity contribution in [1.29, 1.82) is 0 Å². The fourth-order valence-corrected chi connectivity index (χ4v) is 6.06. The van der Waals surface area contributed by atoms with Crippen molar-refractivity contribution in [3.05, 3.63) is 52.8 Å². The smallest absolute Gasteiger partial charge is 0.454 e. The SMILES string of the molecule is Cc1ccnc(N2CCC(N3C[C@@H]4C[C@H](OC(=O)C(F)(F)F)CN4C[C@@H]3Cc3ccc(Cl)cc3)CC2)n1. The van der Waals surface area contributed by atoms with Gasteiger partial charge in [-0.2, -0.15) is 13.2 Å². The molecule has 0 unspecified atom stereocenters. The molecule has 0 bridgehead atoms. The van der Waals surface area contributed by atoms with Gasteiger partial charge in [0.25, 0.3) is 0 Å². The summed E-state index contributed by atoms with van der Waals surface area (Å²) in [6, 6.07) is 10.3. The maximum absolute atomic E-state index is 12.8. The molecule has 7 nitrogen and oxygen atoms in total. The first kappa shape index (κ1) is 26.2. The highest BCUT2D eigenvalue weighted by Gasteiger charge is 2.47. The number of aromatic nitrogens is 2. The Morgan fingerprint density at radius 2 is 1.81 bits per heavy atom. The number of esters is 1. The van der Waals surface area contributed by atoms with Crippen molar-refractivity contribution in [2.24, 2.45) is 0 Å². The number of benzene rings is 1. The summed E-state index contributed by atoms with van der Waals surface area (Å²) >= 11 is 6.09. The quantitative estimate of drug-likeness (QED) is 0.536. The van der Waals surface area contributed by atoms with Gasteiger partial charge in [0.2, 0.25) is 5.95 Å². The van der Waals surface area contributed by atoms with Crippen LogP contribution in [0.2, 0.25) is 5.02 Å². The Hall–Kier alpha value is -2.43. The lowest BCUT2D eigenvalue weighted by atomic mass is 9.94. The van der Waals surface area contributed by atoms with Crippen LogP contribution in [0.3, 0.4) is 0 Å². The van der Waals surface area contributed by atoms with Gasteiger partial charge >= 0.3 is 12.1 Å². The van der Waals surface area contributed by atoms with E-state index in [-0.39, 0.29) is 12.1 Å². The second-order valence-electron chi connectivity index (χ2n) is 10.3. The number of nitrogens with zero attached hydrogens (tertiary/aromatic N) is 5. The van der Waals surface area contributed by atoms with Gasteiger partial charge in [0.05, 0.1) is 0 Å². The van der Waals surface area contributed by atoms with Gasteiger partial charge in [0, 0.05) is 74.2 Å². The predicted octanol–water partition coefficient (Wildman–Crippen LogP) is 3.88. The third kappa shape index (κ3) is 6.18. The highest BCUT2D eigenvalue weighted by molar-refractivity contribution is 6.30. The van der Waals surface area contributed by atoms with Crippen LogP contribution >= 0.6 is 11.6 Å². The zero-order chi connectivity index (χ0) is 26.2. The first-order valence-electron chi connectivity index (χ1n) is 12.7.